The molecule has 6 nitrogen and oxygen atoms in total. The van der Waals surface area contributed by atoms with E-state index in [1.54, 1.807) is 6.92 Å². The van der Waals surface area contributed by atoms with Crippen molar-refractivity contribution in [3.8, 4) is 0 Å². The highest BCUT2D eigenvalue weighted by Crippen LogP contribution is 2.38. The SMILES string of the molecule is CNCCOC(C)(OCCNC(=O)CC(C)(C)CC(C)(C)CC(C)=O)C(C)(C)C. The largest absolute Gasteiger partial charge is 0.354 e. The Kier molecular flexibility index (Phi) is 11.0. The van der Waals surface area contributed by atoms with Gasteiger partial charge in [-0.2, -0.15) is 0 Å². The summed E-state index contributed by atoms with van der Waals surface area (Å²) in [6.07, 6.45) is 1.76. The van der Waals surface area contributed by atoms with Gasteiger partial charge in [-0.05, 0) is 38.1 Å². The van der Waals surface area contributed by atoms with Gasteiger partial charge in [-0.1, -0.05) is 48.5 Å². The molecule has 0 spiro atoms. The Balaban J connectivity index is 4.54. The first-order chi connectivity index (χ1) is 13.0. The maximum absolute atomic E-state index is 12.4. The van der Waals surface area contributed by atoms with Crippen LogP contribution in [0.3, 0.4) is 0 Å². The number of carbonyl (C=O) groups is 2. The van der Waals surface area contributed by atoms with Crippen LogP contribution >= 0.6 is 0 Å². The zero-order chi connectivity index (χ0) is 22.9. The molecule has 29 heavy (non-hydrogen) atoms. The summed E-state index contributed by atoms with van der Waals surface area (Å²) in [5.41, 5.74) is -0.493. The van der Waals surface area contributed by atoms with Gasteiger partial charge in [0.1, 0.15) is 5.78 Å². The molecule has 6 heteroatoms. The van der Waals surface area contributed by atoms with E-state index < -0.39 is 5.79 Å². The van der Waals surface area contributed by atoms with E-state index >= 15 is 0 Å². The summed E-state index contributed by atoms with van der Waals surface area (Å²) >= 11 is 0. The molecule has 0 aromatic carbocycles. The second kappa shape index (κ2) is 11.4. The number of amides is 1. The van der Waals surface area contributed by atoms with Gasteiger partial charge in [0.15, 0.2) is 5.79 Å². The van der Waals surface area contributed by atoms with Crippen molar-refractivity contribution in [3.63, 3.8) is 0 Å². The monoisotopic (exact) mass is 414 g/mol. The maximum atomic E-state index is 12.4. The van der Waals surface area contributed by atoms with E-state index in [-0.39, 0.29) is 27.9 Å². The Hall–Kier alpha value is -0.980. The highest BCUT2D eigenvalue weighted by Gasteiger charge is 2.39. The molecule has 0 aromatic rings. The first-order valence-electron chi connectivity index (χ1n) is 10.7. The number of rotatable bonds is 14. The number of ether oxygens (including phenoxy) is 2. The smallest absolute Gasteiger partial charge is 0.220 e. The Labute approximate surface area is 178 Å². The number of Topliss-reactive ketones (excluding diaryl/α,β-unsaturated/α-hetero) is 1. The van der Waals surface area contributed by atoms with Crippen molar-refractivity contribution in [2.24, 2.45) is 16.2 Å². The molecule has 0 aliphatic heterocycles. The van der Waals surface area contributed by atoms with E-state index in [1.807, 2.05) is 14.0 Å². The molecule has 0 rings (SSSR count). The highest BCUT2D eigenvalue weighted by atomic mass is 16.7. The van der Waals surface area contributed by atoms with Crippen LogP contribution in [0.25, 0.3) is 0 Å². The molecule has 0 saturated heterocycles. The van der Waals surface area contributed by atoms with Crippen LogP contribution < -0.4 is 10.6 Å². The summed E-state index contributed by atoms with van der Waals surface area (Å²) in [6, 6.07) is 0. The lowest BCUT2D eigenvalue weighted by molar-refractivity contribution is -0.276. The lowest BCUT2D eigenvalue weighted by Crippen LogP contribution is -2.47. The molecule has 0 saturated carbocycles. The maximum Gasteiger partial charge on any atom is 0.220 e. The van der Waals surface area contributed by atoms with Crippen LogP contribution in [-0.4, -0.2) is 50.8 Å². The Morgan fingerprint density at radius 3 is 1.72 bits per heavy atom. The van der Waals surface area contributed by atoms with Gasteiger partial charge in [0.05, 0.1) is 13.2 Å². The number of nitrogens with one attached hydrogen (secondary N) is 2. The van der Waals surface area contributed by atoms with Gasteiger partial charge in [0.2, 0.25) is 5.91 Å². The van der Waals surface area contributed by atoms with Gasteiger partial charge in [-0.15, -0.1) is 0 Å². The van der Waals surface area contributed by atoms with E-state index in [0.29, 0.717) is 32.6 Å². The van der Waals surface area contributed by atoms with Crippen molar-refractivity contribution in [2.45, 2.75) is 87.4 Å². The van der Waals surface area contributed by atoms with Crippen LogP contribution in [0.15, 0.2) is 0 Å². The summed E-state index contributed by atoms with van der Waals surface area (Å²) in [4.78, 5) is 23.9. The fraction of sp³-hybridized carbons (Fsp3) is 0.913. The molecule has 0 heterocycles. The number of hydrogen-bond donors (Lipinski definition) is 2. The minimum Gasteiger partial charge on any atom is -0.354 e. The van der Waals surface area contributed by atoms with Gasteiger partial charge in [-0.3, -0.25) is 4.79 Å². The summed E-state index contributed by atoms with van der Waals surface area (Å²) in [5, 5.41) is 6.02. The summed E-state index contributed by atoms with van der Waals surface area (Å²) < 4.78 is 12.0. The van der Waals surface area contributed by atoms with Crippen LogP contribution in [0, 0.1) is 16.2 Å². The van der Waals surface area contributed by atoms with E-state index in [9.17, 15) is 9.59 Å². The molecule has 1 atom stereocenters. The Bertz CT molecular complexity index is 523. The lowest BCUT2D eigenvalue weighted by Gasteiger charge is -2.41. The molecular weight excluding hydrogens is 368 g/mol. The second-order valence-corrected chi connectivity index (χ2v) is 10.9. The van der Waals surface area contributed by atoms with Crippen molar-refractivity contribution in [1.29, 1.82) is 0 Å². The minimum absolute atomic E-state index is 0.00536. The Morgan fingerprint density at radius 1 is 0.793 bits per heavy atom. The van der Waals surface area contributed by atoms with Gasteiger partial charge in [-0.25, -0.2) is 0 Å². The summed E-state index contributed by atoms with van der Waals surface area (Å²) in [7, 11) is 1.89. The molecule has 172 valence electrons. The highest BCUT2D eigenvalue weighted by molar-refractivity contribution is 5.77. The second-order valence-electron chi connectivity index (χ2n) is 10.9. The molecule has 0 aliphatic carbocycles. The van der Waals surface area contributed by atoms with Crippen molar-refractivity contribution < 1.29 is 19.1 Å². The van der Waals surface area contributed by atoms with Crippen molar-refractivity contribution in [1.82, 2.24) is 10.6 Å². The zero-order valence-electron chi connectivity index (χ0n) is 20.6. The fourth-order valence-electron chi connectivity index (χ4n) is 3.85. The number of ketones is 1. The van der Waals surface area contributed by atoms with Gasteiger partial charge < -0.3 is 24.9 Å². The topological polar surface area (TPSA) is 76.7 Å². The predicted molar refractivity (Wildman–Crippen MR) is 119 cm³/mol. The first-order valence-corrected chi connectivity index (χ1v) is 10.7. The summed E-state index contributed by atoms with van der Waals surface area (Å²) in [6.45, 7) is 20.3. The zero-order valence-corrected chi connectivity index (χ0v) is 20.6. The molecule has 0 fully saturated rings. The third-order valence-electron chi connectivity index (χ3n) is 5.22. The lowest BCUT2D eigenvalue weighted by atomic mass is 9.71. The normalized spacial score (nSPS) is 15.1. The standard InChI is InChI=1S/C23H46N2O4/c1-18(26)15-21(5,6)17-22(7,8)16-19(27)25-12-14-29-23(9,20(2,3)4)28-13-11-24-10/h24H,11-17H2,1-10H3,(H,25,27). The molecule has 0 bridgehead atoms. The minimum atomic E-state index is -0.732. The molecule has 2 N–H and O–H groups in total. The van der Waals surface area contributed by atoms with Crippen molar-refractivity contribution in [3.05, 3.63) is 0 Å². The number of carbonyl (C=O) groups excluding carboxylic acids is 2. The average molecular weight is 415 g/mol. The average Bonchev–Trinajstić information content (AvgIpc) is 2.47. The first kappa shape index (κ1) is 28.0. The van der Waals surface area contributed by atoms with Crippen LogP contribution in [0.4, 0.5) is 0 Å². The third kappa shape index (κ3) is 11.7. The molecule has 0 aromatic heterocycles. The van der Waals surface area contributed by atoms with Gasteiger partial charge in [0.25, 0.3) is 0 Å². The molecule has 0 radical (unpaired) electrons. The van der Waals surface area contributed by atoms with Crippen LogP contribution in [0.1, 0.15) is 81.6 Å². The van der Waals surface area contributed by atoms with E-state index in [2.05, 4.69) is 59.1 Å². The summed E-state index contributed by atoms with van der Waals surface area (Å²) in [5.74, 6) is -0.540. The molecule has 1 unspecified atom stereocenters. The third-order valence-corrected chi connectivity index (χ3v) is 5.22. The molecule has 1 amide bonds. The molecule has 0 aliphatic rings. The number of likely N-dealkylation sites (N-methyl/N-ethyl adjacent to an activating group) is 1. The van der Waals surface area contributed by atoms with Crippen LogP contribution in [-0.2, 0) is 19.1 Å². The van der Waals surface area contributed by atoms with E-state index in [1.165, 1.54) is 0 Å². The molecular formula is C23H46N2O4. The quantitative estimate of drug-likeness (QED) is 0.333. The van der Waals surface area contributed by atoms with Gasteiger partial charge >= 0.3 is 0 Å². The van der Waals surface area contributed by atoms with E-state index in [4.69, 9.17) is 9.47 Å². The van der Waals surface area contributed by atoms with Crippen molar-refractivity contribution >= 4 is 11.7 Å². The van der Waals surface area contributed by atoms with Gasteiger partial charge in [0, 0.05) is 31.3 Å². The van der Waals surface area contributed by atoms with E-state index in [0.717, 1.165) is 13.0 Å². The van der Waals surface area contributed by atoms with Crippen LogP contribution in [0.5, 0.6) is 0 Å². The van der Waals surface area contributed by atoms with Crippen LogP contribution in [0.2, 0.25) is 0 Å². The fourth-order valence-corrected chi connectivity index (χ4v) is 3.85. The predicted octanol–water partition coefficient (Wildman–Crippen LogP) is 3.93. The Morgan fingerprint density at radius 2 is 1.28 bits per heavy atom. The number of hydrogen-bond acceptors (Lipinski definition) is 5. The van der Waals surface area contributed by atoms with Crippen molar-refractivity contribution in [2.75, 3.05) is 33.4 Å².